The van der Waals surface area contributed by atoms with Gasteiger partial charge in [0.2, 0.25) is 0 Å². The van der Waals surface area contributed by atoms with Crippen molar-refractivity contribution in [1.82, 2.24) is 9.29 Å². The quantitative estimate of drug-likeness (QED) is 0.496. The summed E-state index contributed by atoms with van der Waals surface area (Å²) in [5.41, 5.74) is -1.86. The number of hydrogen-bond acceptors (Lipinski definition) is 4. The Labute approximate surface area is 171 Å². The Balaban J connectivity index is 0.00000155. The fourth-order valence-electron chi connectivity index (χ4n) is 2.64. The lowest BCUT2D eigenvalue weighted by Crippen LogP contribution is -2.36. The second-order valence-electron chi connectivity index (χ2n) is 6.01. The number of carbonyl (C=O) groups is 1. The Morgan fingerprint density at radius 3 is 2.70 bits per heavy atom. The Morgan fingerprint density at radius 2 is 2.10 bits per heavy atom. The maximum absolute atomic E-state index is 13.4. The minimum absolute atomic E-state index is 0.0139. The van der Waals surface area contributed by atoms with Gasteiger partial charge in [0.05, 0.1) is 18.2 Å². The molecule has 0 radical (unpaired) electrons. The van der Waals surface area contributed by atoms with Gasteiger partial charge in [-0.05, 0) is 18.2 Å². The highest BCUT2D eigenvalue weighted by Gasteiger charge is 2.35. The summed E-state index contributed by atoms with van der Waals surface area (Å²) in [7, 11) is -0.296. The molecule has 7 nitrogen and oxygen atoms in total. The molecule has 2 aromatic rings. The average molecular weight is 449 g/mol. The number of nitrogens with zero attached hydrogens (tertiary/aromatic N) is 1. The number of alkyl halides is 3. The molecule has 1 aromatic heterocycles. The van der Waals surface area contributed by atoms with E-state index < -0.39 is 40.5 Å². The summed E-state index contributed by atoms with van der Waals surface area (Å²) in [6, 6.07) is 1.45. The highest BCUT2D eigenvalue weighted by Crippen LogP contribution is 2.34. The van der Waals surface area contributed by atoms with Gasteiger partial charge in [-0.15, -0.1) is 13.2 Å². The summed E-state index contributed by atoms with van der Waals surface area (Å²) < 4.78 is 73.7. The predicted molar refractivity (Wildman–Crippen MR) is 102 cm³/mol. The Kier molecular flexibility index (Phi) is 7.39. The van der Waals surface area contributed by atoms with Crippen LogP contribution in [0.1, 0.15) is 16.1 Å². The summed E-state index contributed by atoms with van der Waals surface area (Å²) in [5, 5.41) is 11.5. The van der Waals surface area contributed by atoms with Crippen LogP contribution in [0.2, 0.25) is 0 Å². The molecule has 1 aliphatic heterocycles. The molecular formula is C18H19F4N3O4S. The van der Waals surface area contributed by atoms with E-state index >= 15 is 0 Å². The van der Waals surface area contributed by atoms with Gasteiger partial charge in [0.15, 0.2) is 11.4 Å². The molecule has 0 aliphatic carbocycles. The van der Waals surface area contributed by atoms with Crippen LogP contribution in [0.5, 0.6) is 5.75 Å². The minimum Gasteiger partial charge on any atom is -0.488 e. The van der Waals surface area contributed by atoms with Gasteiger partial charge in [-0.25, -0.2) is 13.3 Å². The summed E-state index contributed by atoms with van der Waals surface area (Å²) >= 11 is 0. The average Bonchev–Trinajstić information content (AvgIpc) is 2.95. The fourth-order valence-corrected chi connectivity index (χ4v) is 3.79. The third-order valence-electron chi connectivity index (χ3n) is 3.97. The van der Waals surface area contributed by atoms with E-state index in [4.69, 9.17) is 4.74 Å². The van der Waals surface area contributed by atoms with Crippen molar-refractivity contribution in [2.75, 3.05) is 18.5 Å². The molecule has 3 rings (SSSR count). The van der Waals surface area contributed by atoms with Crippen molar-refractivity contribution in [2.45, 2.75) is 17.1 Å². The van der Waals surface area contributed by atoms with Gasteiger partial charge in [-0.2, -0.15) is 13.2 Å². The number of aliphatic hydroxyl groups excluding tert-OH is 1. The molecule has 2 atom stereocenters. The number of halogens is 4. The van der Waals surface area contributed by atoms with Crippen LogP contribution in [0.3, 0.4) is 0 Å². The first kappa shape index (κ1) is 23.6. The van der Waals surface area contributed by atoms with Crippen molar-refractivity contribution in [2.24, 2.45) is 7.05 Å². The molecule has 164 valence electrons. The van der Waals surface area contributed by atoms with Gasteiger partial charge >= 0.3 is 6.18 Å². The van der Waals surface area contributed by atoms with Crippen molar-refractivity contribution in [3.05, 3.63) is 54.6 Å². The van der Waals surface area contributed by atoms with Crippen molar-refractivity contribution >= 4 is 22.6 Å². The normalized spacial score (nSPS) is 18.3. The van der Waals surface area contributed by atoms with E-state index in [0.29, 0.717) is 12.1 Å². The molecule has 0 saturated carbocycles. The molecule has 30 heavy (non-hydrogen) atoms. The number of carbonyl (C=O) groups excluding carboxylic acids is 1. The molecule has 1 aromatic carbocycles. The number of aromatic nitrogens is 1. The number of nitrogens with one attached hydrogen (secondary N) is 2. The van der Waals surface area contributed by atoms with Crippen LogP contribution in [0.25, 0.3) is 0 Å². The molecule has 0 fully saturated rings. The number of rotatable bonds is 3. The van der Waals surface area contributed by atoms with Gasteiger partial charge in [0, 0.05) is 18.9 Å². The highest BCUT2D eigenvalue weighted by atomic mass is 32.2. The first-order valence-corrected chi connectivity index (χ1v) is 9.55. The van der Waals surface area contributed by atoms with Crippen LogP contribution in [-0.2, 0) is 24.2 Å². The van der Waals surface area contributed by atoms with Gasteiger partial charge in [-0.1, -0.05) is 0 Å². The smallest absolute Gasteiger partial charge is 0.419 e. The van der Waals surface area contributed by atoms with Gasteiger partial charge in [-0.3, -0.25) is 4.79 Å². The Morgan fingerprint density at radius 1 is 1.43 bits per heavy atom. The predicted octanol–water partition coefficient (Wildman–Crippen LogP) is 2.60. The van der Waals surface area contributed by atoms with Crippen LogP contribution in [-0.4, -0.2) is 39.0 Å². The number of amides is 1. The van der Waals surface area contributed by atoms with E-state index in [9.17, 15) is 31.7 Å². The third-order valence-corrected chi connectivity index (χ3v) is 5.21. The minimum atomic E-state index is -4.92. The van der Waals surface area contributed by atoms with E-state index in [-0.39, 0.29) is 35.2 Å². The molecule has 2 unspecified atom stereocenters. The van der Waals surface area contributed by atoms with Crippen molar-refractivity contribution < 1.29 is 36.4 Å². The zero-order valence-corrected chi connectivity index (χ0v) is 16.6. The van der Waals surface area contributed by atoms with Crippen molar-refractivity contribution in [3.63, 3.8) is 0 Å². The maximum Gasteiger partial charge on any atom is 0.419 e. The Hall–Kier alpha value is -2.70. The van der Waals surface area contributed by atoms with E-state index in [2.05, 4.69) is 23.2 Å². The van der Waals surface area contributed by atoms with Crippen LogP contribution >= 0.6 is 0 Å². The lowest BCUT2D eigenvalue weighted by Gasteiger charge is -2.13. The Bertz CT molecular complexity index is 962. The van der Waals surface area contributed by atoms with Crippen molar-refractivity contribution in [3.8, 4) is 5.75 Å². The molecule has 0 saturated heterocycles. The number of benzene rings is 1. The van der Waals surface area contributed by atoms with Crippen LogP contribution in [0, 0.1) is 5.82 Å². The first-order valence-electron chi connectivity index (χ1n) is 8.40. The SMILES string of the molecule is C=C.Cn1cc2c(c1C(=O)Nc1ccc(F)c(C(F)(F)F)c1)OCC(CO)NS2=O. The van der Waals surface area contributed by atoms with E-state index in [0.717, 1.165) is 6.07 Å². The molecule has 2 heterocycles. The number of ether oxygens (including phenoxy) is 1. The second-order valence-corrected chi connectivity index (χ2v) is 7.22. The number of hydrogen-bond donors (Lipinski definition) is 3. The molecule has 1 aliphatic rings. The number of aliphatic hydroxyl groups is 1. The van der Waals surface area contributed by atoms with Crippen LogP contribution in [0.15, 0.2) is 42.4 Å². The van der Waals surface area contributed by atoms with Gasteiger partial charge in [0.25, 0.3) is 5.91 Å². The zero-order valence-electron chi connectivity index (χ0n) is 15.8. The van der Waals surface area contributed by atoms with Crippen LogP contribution < -0.4 is 14.8 Å². The highest BCUT2D eigenvalue weighted by molar-refractivity contribution is 7.83. The van der Waals surface area contributed by atoms with E-state index in [1.165, 1.54) is 17.8 Å². The molecule has 1 amide bonds. The first-order chi connectivity index (χ1) is 14.1. The summed E-state index contributed by atoms with van der Waals surface area (Å²) in [6.45, 7) is 5.58. The summed E-state index contributed by atoms with van der Waals surface area (Å²) in [5.74, 6) is -2.30. The largest absolute Gasteiger partial charge is 0.488 e. The number of fused-ring (bicyclic) bond motifs is 1. The molecule has 0 spiro atoms. The standard InChI is InChI=1S/C16H15F4N3O4S.C2H4/c1-23-5-12-14(27-7-9(6-24)22-28(12)26)13(23)15(25)21-8-2-3-11(17)10(4-8)16(18,19)20;1-2/h2-5,9,22,24H,6-7H2,1H3,(H,21,25);1-2H2. The molecule has 0 bridgehead atoms. The molecule has 12 heteroatoms. The van der Waals surface area contributed by atoms with Crippen LogP contribution in [0.4, 0.5) is 23.2 Å². The lowest BCUT2D eigenvalue weighted by atomic mass is 10.1. The van der Waals surface area contributed by atoms with E-state index in [1.54, 1.807) is 0 Å². The van der Waals surface area contributed by atoms with E-state index in [1.807, 2.05) is 0 Å². The third kappa shape index (κ3) is 4.89. The zero-order chi connectivity index (χ0) is 22.6. The molecule has 3 N–H and O–H groups in total. The lowest BCUT2D eigenvalue weighted by molar-refractivity contribution is -0.139. The van der Waals surface area contributed by atoms with Crippen molar-refractivity contribution in [1.29, 1.82) is 0 Å². The van der Waals surface area contributed by atoms with Gasteiger partial charge < -0.3 is 19.7 Å². The van der Waals surface area contributed by atoms with Gasteiger partial charge in [0.1, 0.15) is 28.3 Å². The monoisotopic (exact) mass is 449 g/mol. The maximum atomic E-state index is 13.4. The number of aryl methyl sites for hydroxylation is 1. The topological polar surface area (TPSA) is 92.6 Å². The summed E-state index contributed by atoms with van der Waals surface area (Å²) in [6.07, 6.45) is -3.54. The second kappa shape index (κ2) is 9.41. The molecular weight excluding hydrogens is 430 g/mol. The fraction of sp³-hybridized carbons (Fsp3) is 0.278. The number of anilines is 1. The summed E-state index contributed by atoms with van der Waals surface area (Å²) in [4.78, 5) is 12.8.